The summed E-state index contributed by atoms with van der Waals surface area (Å²) in [5.74, 6) is 1.04. The van der Waals surface area contributed by atoms with E-state index in [4.69, 9.17) is 4.74 Å². The lowest BCUT2D eigenvalue weighted by atomic mass is 10.1. The van der Waals surface area contributed by atoms with Crippen LogP contribution in [0.1, 0.15) is 44.9 Å². The van der Waals surface area contributed by atoms with Gasteiger partial charge in [0, 0.05) is 25.3 Å². The average Bonchev–Trinajstić information content (AvgIpc) is 2.93. The zero-order chi connectivity index (χ0) is 14.3. The van der Waals surface area contributed by atoms with Crippen LogP contribution in [0.4, 0.5) is 5.69 Å². The fourth-order valence-corrected chi connectivity index (χ4v) is 3.39. The van der Waals surface area contributed by atoms with Crippen molar-refractivity contribution in [3.63, 3.8) is 0 Å². The van der Waals surface area contributed by atoms with Crippen LogP contribution in [-0.2, 0) is 0 Å². The van der Waals surface area contributed by atoms with Crippen LogP contribution in [0.25, 0.3) is 0 Å². The Morgan fingerprint density at radius 3 is 2.38 bits per heavy atom. The quantitative estimate of drug-likeness (QED) is 0.860. The van der Waals surface area contributed by atoms with Crippen molar-refractivity contribution in [2.24, 2.45) is 0 Å². The van der Waals surface area contributed by atoms with Gasteiger partial charge in [0.1, 0.15) is 5.75 Å². The van der Waals surface area contributed by atoms with Crippen LogP contribution in [0.3, 0.4) is 0 Å². The van der Waals surface area contributed by atoms with Gasteiger partial charge in [0.05, 0.1) is 6.10 Å². The molecule has 0 amide bonds. The molecule has 1 N–H and O–H groups in total. The number of nitrogens with zero attached hydrogens (tertiary/aromatic N) is 1. The lowest BCUT2D eigenvalue weighted by molar-refractivity contribution is 0.184. The molecular weight excluding hydrogens is 260 g/mol. The van der Waals surface area contributed by atoms with Gasteiger partial charge in [0.25, 0.3) is 0 Å². The monoisotopic (exact) mass is 288 g/mol. The summed E-state index contributed by atoms with van der Waals surface area (Å²) >= 11 is 0. The van der Waals surface area contributed by atoms with Crippen LogP contribution < -0.4 is 15.0 Å². The molecule has 1 saturated heterocycles. The second kappa shape index (κ2) is 7.69. The molecule has 1 aliphatic heterocycles. The molecule has 116 valence electrons. The Bertz CT molecular complexity index is 402. The first kappa shape index (κ1) is 14.7. The summed E-state index contributed by atoms with van der Waals surface area (Å²) in [4.78, 5) is 2.47. The van der Waals surface area contributed by atoms with E-state index in [0.29, 0.717) is 6.10 Å². The van der Waals surface area contributed by atoms with Gasteiger partial charge in [-0.25, -0.2) is 0 Å². The van der Waals surface area contributed by atoms with E-state index >= 15 is 0 Å². The molecule has 0 aromatic heterocycles. The number of benzene rings is 1. The number of anilines is 1. The standard InChI is InChI=1S/C18H28N2O/c1-2-4-7-17(6-3-1)21-18-10-8-16(9-11-18)20-14-5-12-19-13-15-20/h8-11,17,19H,1-7,12-15H2. The third-order valence-corrected chi connectivity index (χ3v) is 4.65. The molecule has 21 heavy (non-hydrogen) atoms. The Hall–Kier alpha value is -1.22. The number of nitrogens with one attached hydrogen (secondary N) is 1. The summed E-state index contributed by atoms with van der Waals surface area (Å²) in [6.07, 6.45) is 9.50. The molecule has 1 aliphatic carbocycles. The molecule has 0 radical (unpaired) electrons. The molecule has 3 heteroatoms. The van der Waals surface area contributed by atoms with E-state index < -0.39 is 0 Å². The van der Waals surface area contributed by atoms with Crippen molar-refractivity contribution < 1.29 is 4.74 Å². The SMILES string of the molecule is c1cc(N2CCCNCC2)ccc1OC1CCCCCC1. The zero-order valence-corrected chi connectivity index (χ0v) is 13.0. The van der Waals surface area contributed by atoms with Crippen molar-refractivity contribution in [1.29, 1.82) is 0 Å². The Morgan fingerprint density at radius 2 is 1.62 bits per heavy atom. The Morgan fingerprint density at radius 1 is 0.857 bits per heavy atom. The zero-order valence-electron chi connectivity index (χ0n) is 13.0. The van der Waals surface area contributed by atoms with Crippen LogP contribution in [0.15, 0.2) is 24.3 Å². The average molecular weight is 288 g/mol. The van der Waals surface area contributed by atoms with E-state index in [0.717, 1.165) is 31.9 Å². The smallest absolute Gasteiger partial charge is 0.119 e. The van der Waals surface area contributed by atoms with Crippen LogP contribution >= 0.6 is 0 Å². The van der Waals surface area contributed by atoms with Gasteiger partial charge in [0.15, 0.2) is 0 Å². The molecule has 0 bridgehead atoms. The number of rotatable bonds is 3. The van der Waals surface area contributed by atoms with Crippen molar-refractivity contribution in [3.8, 4) is 5.75 Å². The van der Waals surface area contributed by atoms with Gasteiger partial charge < -0.3 is 15.0 Å². The minimum atomic E-state index is 0.431. The summed E-state index contributed by atoms with van der Waals surface area (Å²) in [6, 6.07) is 8.74. The largest absolute Gasteiger partial charge is 0.490 e. The normalized spacial score (nSPS) is 21.6. The minimum Gasteiger partial charge on any atom is -0.490 e. The summed E-state index contributed by atoms with van der Waals surface area (Å²) in [6.45, 7) is 4.47. The maximum Gasteiger partial charge on any atom is 0.119 e. The Labute approximate surface area is 128 Å². The molecule has 0 spiro atoms. The first-order chi connectivity index (χ1) is 10.4. The summed E-state index contributed by atoms with van der Waals surface area (Å²) < 4.78 is 6.17. The van der Waals surface area contributed by atoms with Crippen LogP contribution in [0, 0.1) is 0 Å². The highest BCUT2D eigenvalue weighted by Crippen LogP contribution is 2.25. The van der Waals surface area contributed by atoms with E-state index in [1.54, 1.807) is 0 Å². The van der Waals surface area contributed by atoms with E-state index in [-0.39, 0.29) is 0 Å². The van der Waals surface area contributed by atoms with Crippen molar-refractivity contribution in [1.82, 2.24) is 5.32 Å². The molecule has 1 heterocycles. The minimum absolute atomic E-state index is 0.431. The van der Waals surface area contributed by atoms with Gasteiger partial charge in [0.2, 0.25) is 0 Å². The highest BCUT2D eigenvalue weighted by atomic mass is 16.5. The molecule has 1 aromatic rings. The van der Waals surface area contributed by atoms with E-state index in [9.17, 15) is 0 Å². The van der Waals surface area contributed by atoms with E-state index in [2.05, 4.69) is 34.5 Å². The maximum atomic E-state index is 6.17. The molecule has 1 aromatic carbocycles. The first-order valence-electron chi connectivity index (χ1n) is 8.64. The van der Waals surface area contributed by atoms with E-state index in [1.807, 2.05) is 0 Å². The van der Waals surface area contributed by atoms with Gasteiger partial charge in [-0.1, -0.05) is 12.8 Å². The molecule has 0 atom stereocenters. The second-order valence-electron chi connectivity index (χ2n) is 6.32. The maximum absolute atomic E-state index is 6.17. The predicted molar refractivity (Wildman–Crippen MR) is 88.3 cm³/mol. The Kier molecular flexibility index (Phi) is 5.39. The summed E-state index contributed by atoms with van der Waals surface area (Å²) in [7, 11) is 0. The number of ether oxygens (including phenoxy) is 1. The molecule has 1 saturated carbocycles. The lowest BCUT2D eigenvalue weighted by Gasteiger charge is -2.23. The summed E-state index contributed by atoms with van der Waals surface area (Å²) in [5, 5.41) is 3.45. The molecule has 3 nitrogen and oxygen atoms in total. The van der Waals surface area contributed by atoms with Crippen LogP contribution in [0.2, 0.25) is 0 Å². The van der Waals surface area contributed by atoms with Gasteiger partial charge in [-0.15, -0.1) is 0 Å². The van der Waals surface area contributed by atoms with E-state index in [1.165, 1.54) is 50.6 Å². The molecule has 2 aliphatic rings. The highest BCUT2D eigenvalue weighted by Gasteiger charge is 2.14. The third-order valence-electron chi connectivity index (χ3n) is 4.65. The van der Waals surface area contributed by atoms with Crippen molar-refractivity contribution in [3.05, 3.63) is 24.3 Å². The first-order valence-corrected chi connectivity index (χ1v) is 8.64. The fraction of sp³-hybridized carbons (Fsp3) is 0.667. The molecule has 0 unspecified atom stereocenters. The topological polar surface area (TPSA) is 24.5 Å². The third kappa shape index (κ3) is 4.37. The van der Waals surface area contributed by atoms with Crippen LogP contribution in [-0.4, -0.2) is 32.3 Å². The lowest BCUT2D eigenvalue weighted by Crippen LogP contribution is -2.27. The van der Waals surface area contributed by atoms with Gasteiger partial charge >= 0.3 is 0 Å². The molecule has 2 fully saturated rings. The molecular formula is C18H28N2O. The summed E-state index contributed by atoms with van der Waals surface area (Å²) in [5.41, 5.74) is 1.33. The van der Waals surface area contributed by atoms with Crippen LogP contribution in [0.5, 0.6) is 5.75 Å². The van der Waals surface area contributed by atoms with Crippen molar-refractivity contribution in [2.75, 3.05) is 31.1 Å². The fourth-order valence-electron chi connectivity index (χ4n) is 3.39. The van der Waals surface area contributed by atoms with Crippen molar-refractivity contribution >= 4 is 5.69 Å². The van der Waals surface area contributed by atoms with Gasteiger partial charge in [-0.05, 0) is 62.9 Å². The number of hydrogen-bond acceptors (Lipinski definition) is 3. The molecule has 3 rings (SSSR count). The second-order valence-corrected chi connectivity index (χ2v) is 6.32. The van der Waals surface area contributed by atoms with Gasteiger partial charge in [-0.3, -0.25) is 0 Å². The number of hydrogen-bond donors (Lipinski definition) is 1. The predicted octanol–water partition coefficient (Wildman–Crippen LogP) is 3.59. The van der Waals surface area contributed by atoms with Gasteiger partial charge in [-0.2, -0.15) is 0 Å². The Balaban J connectivity index is 1.57. The van der Waals surface area contributed by atoms with Crippen molar-refractivity contribution in [2.45, 2.75) is 51.0 Å². The highest BCUT2D eigenvalue weighted by molar-refractivity contribution is 5.49.